The van der Waals surface area contributed by atoms with Crippen molar-refractivity contribution in [3.05, 3.63) is 48.3 Å². The number of halogens is 1. The summed E-state index contributed by atoms with van der Waals surface area (Å²) in [4.78, 5) is 6.72. The van der Waals surface area contributed by atoms with E-state index in [0.717, 1.165) is 24.3 Å². The van der Waals surface area contributed by atoms with Crippen molar-refractivity contribution in [1.82, 2.24) is 14.7 Å². The minimum Gasteiger partial charge on any atom is -0.370 e. The van der Waals surface area contributed by atoms with Gasteiger partial charge in [-0.05, 0) is 30.9 Å². The molecule has 1 unspecified atom stereocenters. The SMILES string of the molecule is CC1CCCN(C(N)=NCc2cnn(-c3ccccc3)c2)C1.I. The Bertz CT molecular complexity index is 637. The number of piperidine rings is 1. The molecule has 2 N–H and O–H groups in total. The Balaban J connectivity index is 0.00000192. The van der Waals surface area contributed by atoms with Gasteiger partial charge in [0.05, 0.1) is 18.4 Å². The number of likely N-dealkylation sites (tertiary alicyclic amines) is 1. The molecular weight excluding hydrogens is 401 g/mol. The number of para-hydroxylation sites is 1. The molecule has 5 nitrogen and oxygen atoms in total. The molecule has 0 radical (unpaired) electrons. The molecule has 1 fully saturated rings. The van der Waals surface area contributed by atoms with E-state index < -0.39 is 0 Å². The van der Waals surface area contributed by atoms with Gasteiger partial charge in [0, 0.05) is 24.8 Å². The fourth-order valence-electron chi connectivity index (χ4n) is 2.83. The predicted octanol–water partition coefficient (Wildman–Crippen LogP) is 3.04. The van der Waals surface area contributed by atoms with Crippen molar-refractivity contribution in [3.8, 4) is 5.69 Å². The molecule has 2 heterocycles. The number of guanidine groups is 1. The maximum absolute atomic E-state index is 6.13. The van der Waals surface area contributed by atoms with Crippen molar-refractivity contribution in [2.75, 3.05) is 13.1 Å². The second kappa shape index (κ2) is 8.33. The van der Waals surface area contributed by atoms with Crippen molar-refractivity contribution >= 4 is 29.9 Å². The van der Waals surface area contributed by atoms with Crippen LogP contribution in [0.3, 0.4) is 0 Å². The number of benzene rings is 1. The zero-order chi connectivity index (χ0) is 15.4. The second-order valence-electron chi connectivity index (χ2n) is 6.00. The summed E-state index contributed by atoms with van der Waals surface area (Å²) in [6, 6.07) is 10.1. The lowest BCUT2D eigenvalue weighted by molar-refractivity contribution is 0.270. The summed E-state index contributed by atoms with van der Waals surface area (Å²) in [5.41, 5.74) is 8.24. The standard InChI is InChI=1S/C17H23N5.HI/c1-14-6-5-9-21(12-14)17(18)19-10-15-11-20-22(13-15)16-7-3-2-4-8-16;/h2-4,7-8,11,13-14H,5-6,9-10,12H2,1H3,(H2,18,19);1H. The van der Waals surface area contributed by atoms with E-state index in [9.17, 15) is 0 Å². The van der Waals surface area contributed by atoms with Crippen LogP contribution < -0.4 is 5.73 Å². The van der Waals surface area contributed by atoms with Gasteiger partial charge >= 0.3 is 0 Å². The van der Waals surface area contributed by atoms with Crippen molar-refractivity contribution in [3.63, 3.8) is 0 Å². The number of hydrogen-bond acceptors (Lipinski definition) is 2. The third-order valence-electron chi connectivity index (χ3n) is 4.06. The van der Waals surface area contributed by atoms with Gasteiger partial charge in [-0.3, -0.25) is 0 Å². The van der Waals surface area contributed by atoms with E-state index in [0.29, 0.717) is 18.4 Å². The van der Waals surface area contributed by atoms with E-state index in [1.807, 2.05) is 47.4 Å². The normalized spacial score (nSPS) is 18.6. The lowest BCUT2D eigenvalue weighted by Gasteiger charge is -2.31. The van der Waals surface area contributed by atoms with E-state index in [1.54, 1.807) is 0 Å². The summed E-state index contributed by atoms with van der Waals surface area (Å²) in [5, 5.41) is 4.38. The van der Waals surface area contributed by atoms with Crippen molar-refractivity contribution in [2.45, 2.75) is 26.3 Å². The van der Waals surface area contributed by atoms with E-state index >= 15 is 0 Å². The Morgan fingerprint density at radius 2 is 2.13 bits per heavy atom. The van der Waals surface area contributed by atoms with Gasteiger partial charge in [-0.1, -0.05) is 25.1 Å². The molecule has 1 aromatic heterocycles. The van der Waals surface area contributed by atoms with Crippen LogP contribution in [0.15, 0.2) is 47.7 Å². The molecule has 1 aromatic carbocycles. The molecule has 1 aliphatic heterocycles. The highest BCUT2D eigenvalue weighted by atomic mass is 127. The highest BCUT2D eigenvalue weighted by Crippen LogP contribution is 2.15. The maximum Gasteiger partial charge on any atom is 0.191 e. The van der Waals surface area contributed by atoms with Crippen LogP contribution in [0.5, 0.6) is 0 Å². The summed E-state index contributed by atoms with van der Waals surface area (Å²) in [7, 11) is 0. The Hall–Kier alpha value is -1.57. The quantitative estimate of drug-likeness (QED) is 0.467. The van der Waals surface area contributed by atoms with Crippen LogP contribution in [0.2, 0.25) is 0 Å². The number of nitrogens with two attached hydrogens (primary N) is 1. The van der Waals surface area contributed by atoms with Crippen LogP contribution in [0, 0.1) is 5.92 Å². The Labute approximate surface area is 154 Å². The van der Waals surface area contributed by atoms with Crippen LogP contribution in [0.25, 0.3) is 5.69 Å². The van der Waals surface area contributed by atoms with Crippen LogP contribution in [0.4, 0.5) is 0 Å². The first-order valence-electron chi connectivity index (χ1n) is 7.86. The molecule has 3 rings (SSSR count). The molecule has 1 atom stereocenters. The topological polar surface area (TPSA) is 59.4 Å². The minimum atomic E-state index is 0. The van der Waals surface area contributed by atoms with Gasteiger partial charge in [-0.2, -0.15) is 5.10 Å². The highest BCUT2D eigenvalue weighted by Gasteiger charge is 2.17. The predicted molar refractivity (Wildman–Crippen MR) is 104 cm³/mol. The maximum atomic E-state index is 6.13. The lowest BCUT2D eigenvalue weighted by atomic mass is 10.0. The van der Waals surface area contributed by atoms with Gasteiger partial charge in [-0.25, -0.2) is 9.67 Å². The third-order valence-corrected chi connectivity index (χ3v) is 4.06. The van der Waals surface area contributed by atoms with Gasteiger partial charge in [0.1, 0.15) is 0 Å². The first-order chi connectivity index (χ1) is 10.7. The van der Waals surface area contributed by atoms with Gasteiger partial charge < -0.3 is 10.6 Å². The molecule has 1 saturated heterocycles. The van der Waals surface area contributed by atoms with Crippen molar-refractivity contribution in [1.29, 1.82) is 0 Å². The van der Waals surface area contributed by atoms with Crippen LogP contribution in [-0.4, -0.2) is 33.7 Å². The zero-order valence-electron chi connectivity index (χ0n) is 13.4. The number of aliphatic imine (C=N–C) groups is 1. The summed E-state index contributed by atoms with van der Waals surface area (Å²) >= 11 is 0. The highest BCUT2D eigenvalue weighted by molar-refractivity contribution is 14.0. The minimum absolute atomic E-state index is 0. The summed E-state index contributed by atoms with van der Waals surface area (Å²) < 4.78 is 1.87. The number of hydrogen-bond donors (Lipinski definition) is 1. The molecule has 6 heteroatoms. The fourth-order valence-corrected chi connectivity index (χ4v) is 2.83. The lowest BCUT2D eigenvalue weighted by Crippen LogP contribution is -2.43. The van der Waals surface area contributed by atoms with Crippen molar-refractivity contribution in [2.24, 2.45) is 16.6 Å². The van der Waals surface area contributed by atoms with E-state index in [4.69, 9.17) is 5.73 Å². The van der Waals surface area contributed by atoms with E-state index in [-0.39, 0.29) is 24.0 Å². The molecule has 0 spiro atoms. The Morgan fingerprint density at radius 3 is 2.87 bits per heavy atom. The smallest absolute Gasteiger partial charge is 0.191 e. The summed E-state index contributed by atoms with van der Waals surface area (Å²) in [5.74, 6) is 1.35. The van der Waals surface area contributed by atoms with Gasteiger partial charge in [0.15, 0.2) is 5.96 Å². The average molecular weight is 425 g/mol. The molecule has 1 aliphatic rings. The Kier molecular flexibility index (Phi) is 6.44. The molecule has 0 aliphatic carbocycles. The van der Waals surface area contributed by atoms with Gasteiger partial charge in [0.2, 0.25) is 0 Å². The number of nitrogens with zero attached hydrogens (tertiary/aromatic N) is 4. The molecule has 23 heavy (non-hydrogen) atoms. The summed E-state index contributed by atoms with van der Waals surface area (Å²) in [6.07, 6.45) is 6.34. The van der Waals surface area contributed by atoms with Crippen LogP contribution in [-0.2, 0) is 6.54 Å². The summed E-state index contributed by atoms with van der Waals surface area (Å²) in [6.45, 7) is 4.87. The van der Waals surface area contributed by atoms with E-state index in [1.165, 1.54) is 12.8 Å². The molecule has 0 saturated carbocycles. The molecule has 2 aromatic rings. The largest absolute Gasteiger partial charge is 0.370 e. The van der Waals surface area contributed by atoms with E-state index in [2.05, 4.69) is 21.9 Å². The second-order valence-corrected chi connectivity index (χ2v) is 6.00. The monoisotopic (exact) mass is 425 g/mol. The van der Waals surface area contributed by atoms with Gasteiger partial charge in [-0.15, -0.1) is 24.0 Å². The molecule has 0 bridgehead atoms. The zero-order valence-corrected chi connectivity index (χ0v) is 15.8. The third kappa shape index (κ3) is 4.70. The molecule has 0 amide bonds. The molecule has 124 valence electrons. The average Bonchev–Trinajstić information content (AvgIpc) is 3.02. The number of rotatable bonds is 3. The number of aromatic nitrogens is 2. The first-order valence-corrected chi connectivity index (χ1v) is 7.86. The Morgan fingerprint density at radius 1 is 1.35 bits per heavy atom. The fraction of sp³-hybridized carbons (Fsp3) is 0.412. The van der Waals surface area contributed by atoms with Crippen LogP contribution in [0.1, 0.15) is 25.3 Å². The van der Waals surface area contributed by atoms with Gasteiger partial charge in [0.25, 0.3) is 0 Å². The first kappa shape index (κ1) is 17.8. The van der Waals surface area contributed by atoms with Crippen LogP contribution >= 0.6 is 24.0 Å². The van der Waals surface area contributed by atoms with Crippen molar-refractivity contribution < 1.29 is 0 Å². The molecular formula is C17H24IN5.